The van der Waals surface area contributed by atoms with E-state index in [-0.39, 0.29) is 0 Å². The first kappa shape index (κ1) is 12.5. The fourth-order valence-electron chi connectivity index (χ4n) is 2.39. The van der Waals surface area contributed by atoms with Crippen LogP contribution in [0.2, 0.25) is 0 Å². The Hall–Kier alpha value is -1.56. The first-order valence-corrected chi connectivity index (χ1v) is 6.83. The van der Waals surface area contributed by atoms with E-state index in [1.165, 1.54) is 0 Å². The number of hydrogen-bond acceptors (Lipinski definition) is 4. The van der Waals surface area contributed by atoms with Gasteiger partial charge in [0.25, 0.3) is 0 Å². The molecule has 6 heteroatoms. The number of ether oxygens (including phenoxy) is 3. The molecular weight excluding hydrogens is 314 g/mol. The summed E-state index contributed by atoms with van der Waals surface area (Å²) in [7, 11) is 0. The van der Waals surface area contributed by atoms with Crippen molar-refractivity contribution in [1.29, 1.82) is 0 Å². The number of fused-ring (bicyclic) bond motifs is 2. The van der Waals surface area contributed by atoms with Crippen molar-refractivity contribution >= 4 is 27.9 Å². The van der Waals surface area contributed by atoms with E-state index < -0.39 is 11.7 Å². The summed E-state index contributed by atoms with van der Waals surface area (Å²) < 4.78 is 17.5. The first-order valence-electron chi connectivity index (χ1n) is 6.03. The molecule has 2 aliphatic heterocycles. The molecule has 19 heavy (non-hydrogen) atoms. The van der Waals surface area contributed by atoms with Crippen molar-refractivity contribution in [2.75, 3.05) is 13.2 Å². The van der Waals surface area contributed by atoms with Crippen LogP contribution in [-0.4, -0.2) is 25.2 Å². The average molecular weight is 326 g/mol. The van der Waals surface area contributed by atoms with E-state index in [1.54, 1.807) is 0 Å². The number of nitrogens with zero attached hydrogens (tertiary/aromatic N) is 1. The second-order valence-corrected chi connectivity index (χ2v) is 5.20. The van der Waals surface area contributed by atoms with Crippen molar-refractivity contribution in [3.63, 3.8) is 0 Å². The largest absolute Gasteiger partial charge is 0.493 e. The lowest BCUT2D eigenvalue weighted by atomic mass is 9.88. The van der Waals surface area contributed by atoms with Gasteiger partial charge in [-0.1, -0.05) is 15.9 Å². The zero-order chi connectivity index (χ0) is 13.5. The van der Waals surface area contributed by atoms with Crippen molar-refractivity contribution < 1.29 is 19.0 Å². The van der Waals surface area contributed by atoms with Gasteiger partial charge in [0.1, 0.15) is 5.75 Å². The molecule has 5 nitrogen and oxygen atoms in total. The van der Waals surface area contributed by atoms with Gasteiger partial charge in [-0.25, -0.2) is 4.79 Å². The highest BCUT2D eigenvalue weighted by atomic mass is 79.9. The third-order valence-corrected chi connectivity index (χ3v) is 3.66. The number of aliphatic imine (C=N–C) groups is 1. The molecule has 1 spiro atoms. The van der Waals surface area contributed by atoms with Gasteiger partial charge in [-0.15, -0.1) is 4.99 Å². The molecule has 1 amide bonds. The van der Waals surface area contributed by atoms with Gasteiger partial charge >= 0.3 is 6.09 Å². The summed E-state index contributed by atoms with van der Waals surface area (Å²) in [5.41, 5.74) is -0.151. The number of rotatable bonds is 1. The Balaban J connectivity index is 2.12. The molecule has 0 aliphatic carbocycles. The van der Waals surface area contributed by atoms with Crippen LogP contribution in [0.1, 0.15) is 18.9 Å². The Morgan fingerprint density at radius 1 is 1.53 bits per heavy atom. The smallest absolute Gasteiger partial charge is 0.438 e. The summed E-state index contributed by atoms with van der Waals surface area (Å²) in [4.78, 5) is 15.4. The Labute approximate surface area is 118 Å². The molecule has 1 aromatic carbocycles. The molecule has 0 saturated heterocycles. The van der Waals surface area contributed by atoms with Crippen molar-refractivity contribution in [3.05, 3.63) is 28.2 Å². The van der Waals surface area contributed by atoms with Crippen LogP contribution in [0.5, 0.6) is 5.75 Å². The predicted octanol–water partition coefficient (Wildman–Crippen LogP) is 3.01. The van der Waals surface area contributed by atoms with Crippen molar-refractivity contribution in [2.45, 2.75) is 18.9 Å². The molecule has 0 fully saturated rings. The zero-order valence-corrected chi connectivity index (χ0v) is 11.9. The van der Waals surface area contributed by atoms with Crippen LogP contribution in [0, 0.1) is 0 Å². The molecule has 2 aliphatic rings. The van der Waals surface area contributed by atoms with Gasteiger partial charge in [0, 0.05) is 16.5 Å². The van der Waals surface area contributed by atoms with Crippen molar-refractivity contribution in [2.24, 2.45) is 4.99 Å². The molecule has 0 N–H and O–H groups in total. The SMILES string of the molecule is CCOC1=NC(=O)O[C@]12CCOc1cc(Br)ccc12. The lowest BCUT2D eigenvalue weighted by Crippen LogP contribution is -2.41. The molecule has 0 radical (unpaired) electrons. The summed E-state index contributed by atoms with van der Waals surface area (Å²) in [6.07, 6.45) is -0.106. The van der Waals surface area contributed by atoms with Crippen LogP contribution >= 0.6 is 15.9 Å². The zero-order valence-electron chi connectivity index (χ0n) is 10.3. The number of halogens is 1. The number of amides is 1. The first-order chi connectivity index (χ1) is 9.15. The third-order valence-electron chi connectivity index (χ3n) is 3.17. The highest BCUT2D eigenvalue weighted by Gasteiger charge is 2.52. The maximum absolute atomic E-state index is 11.5. The van der Waals surface area contributed by atoms with Crippen LogP contribution in [0.15, 0.2) is 27.7 Å². The summed E-state index contributed by atoms with van der Waals surface area (Å²) in [6.45, 7) is 2.73. The monoisotopic (exact) mass is 325 g/mol. The van der Waals surface area contributed by atoms with Gasteiger partial charge < -0.3 is 14.2 Å². The van der Waals surface area contributed by atoms with E-state index in [0.29, 0.717) is 31.3 Å². The third kappa shape index (κ3) is 1.90. The quantitative estimate of drug-likeness (QED) is 0.796. The van der Waals surface area contributed by atoms with Gasteiger partial charge in [0.05, 0.1) is 13.2 Å². The summed E-state index contributed by atoms with van der Waals surface area (Å²) in [5, 5.41) is 0. The fourth-order valence-corrected chi connectivity index (χ4v) is 2.73. The molecule has 1 aromatic rings. The van der Waals surface area contributed by atoms with Gasteiger partial charge in [0.15, 0.2) is 0 Å². The summed E-state index contributed by atoms with van der Waals surface area (Å²) >= 11 is 3.40. The minimum Gasteiger partial charge on any atom is -0.493 e. The molecular formula is C13H12BrNO4. The lowest BCUT2D eigenvalue weighted by Gasteiger charge is -2.34. The highest BCUT2D eigenvalue weighted by molar-refractivity contribution is 9.10. The molecule has 100 valence electrons. The van der Waals surface area contributed by atoms with Gasteiger partial charge in [-0.05, 0) is 25.1 Å². The van der Waals surface area contributed by atoms with Crippen molar-refractivity contribution in [3.8, 4) is 5.75 Å². The van der Waals surface area contributed by atoms with Crippen molar-refractivity contribution in [1.82, 2.24) is 0 Å². The van der Waals surface area contributed by atoms with Crippen LogP contribution < -0.4 is 4.74 Å². The molecule has 0 bridgehead atoms. The maximum Gasteiger partial charge on any atom is 0.438 e. The van der Waals surface area contributed by atoms with E-state index in [4.69, 9.17) is 14.2 Å². The Bertz CT molecular complexity index is 572. The van der Waals surface area contributed by atoms with Crippen LogP contribution in [0.3, 0.4) is 0 Å². The number of carbonyl (C=O) groups excluding carboxylic acids is 1. The molecule has 1 atom stereocenters. The van der Waals surface area contributed by atoms with E-state index in [2.05, 4.69) is 20.9 Å². The number of carbonyl (C=O) groups is 1. The Morgan fingerprint density at radius 2 is 2.37 bits per heavy atom. The molecule has 2 heterocycles. The van der Waals surface area contributed by atoms with Crippen LogP contribution in [0.4, 0.5) is 4.79 Å². The van der Waals surface area contributed by atoms with E-state index in [0.717, 1.165) is 10.0 Å². The van der Waals surface area contributed by atoms with Gasteiger partial charge in [-0.3, -0.25) is 0 Å². The second kappa shape index (κ2) is 4.52. The summed E-state index contributed by atoms with van der Waals surface area (Å²) in [5.74, 6) is 1.01. The van der Waals surface area contributed by atoms with E-state index in [9.17, 15) is 4.79 Å². The lowest BCUT2D eigenvalue weighted by molar-refractivity contribution is 0.0322. The van der Waals surface area contributed by atoms with E-state index in [1.807, 2.05) is 25.1 Å². The highest BCUT2D eigenvalue weighted by Crippen LogP contribution is 2.44. The predicted molar refractivity (Wildman–Crippen MR) is 71.5 cm³/mol. The minimum absolute atomic E-state index is 0.326. The minimum atomic E-state index is -0.929. The summed E-state index contributed by atoms with van der Waals surface area (Å²) in [6, 6.07) is 5.60. The van der Waals surface area contributed by atoms with Crippen LogP contribution in [-0.2, 0) is 15.1 Å². The normalized spacial score (nSPS) is 24.5. The molecule has 3 rings (SSSR count). The standard InChI is InChI=1S/C13H12BrNO4/c1-2-17-11-13(19-12(16)15-11)5-6-18-10-7-8(14)3-4-9(10)13/h3-4,7H,2,5-6H2,1H3/t13-/m0/s1. The molecule has 0 aromatic heterocycles. The second-order valence-electron chi connectivity index (χ2n) is 4.28. The number of benzene rings is 1. The van der Waals surface area contributed by atoms with Crippen LogP contribution in [0.25, 0.3) is 0 Å². The molecule has 0 unspecified atom stereocenters. The maximum atomic E-state index is 11.5. The van der Waals surface area contributed by atoms with Gasteiger partial charge in [-0.2, -0.15) is 0 Å². The van der Waals surface area contributed by atoms with Gasteiger partial charge in [0.2, 0.25) is 11.5 Å². The van der Waals surface area contributed by atoms with E-state index >= 15 is 0 Å². The Kier molecular flexibility index (Phi) is 2.97. The number of hydrogen-bond donors (Lipinski definition) is 0. The topological polar surface area (TPSA) is 57.1 Å². The molecule has 0 saturated carbocycles. The fraction of sp³-hybridized carbons (Fsp3) is 0.385. The Morgan fingerprint density at radius 3 is 3.16 bits per heavy atom. The average Bonchev–Trinajstić information content (AvgIpc) is 2.67.